The average molecular weight is 433 g/mol. The number of aryl methyl sites for hydroxylation is 2. The summed E-state index contributed by atoms with van der Waals surface area (Å²) >= 11 is 1.19. The minimum Gasteiger partial charge on any atom is -0.325 e. The molecule has 0 radical (unpaired) electrons. The molecule has 0 saturated carbocycles. The van der Waals surface area contributed by atoms with Gasteiger partial charge in [0, 0.05) is 5.69 Å². The van der Waals surface area contributed by atoms with E-state index in [4.69, 9.17) is 0 Å². The number of carbonyl (C=O) groups is 1. The van der Waals surface area contributed by atoms with Crippen LogP contribution in [0.2, 0.25) is 0 Å². The van der Waals surface area contributed by atoms with Gasteiger partial charge in [-0.1, -0.05) is 36.0 Å². The fourth-order valence-electron chi connectivity index (χ4n) is 2.63. The third kappa shape index (κ3) is 4.81. The van der Waals surface area contributed by atoms with Crippen molar-refractivity contribution in [3.05, 3.63) is 53.6 Å². The summed E-state index contributed by atoms with van der Waals surface area (Å²) in [5.41, 5.74) is 2.82. The second kappa shape index (κ2) is 8.72. The Morgan fingerprint density at radius 3 is 2.62 bits per heavy atom. The molecule has 0 fully saturated rings. The molecular weight excluding hydrogens is 412 g/mol. The first-order chi connectivity index (χ1) is 13.8. The lowest BCUT2D eigenvalue weighted by atomic mass is 10.2. The third-order valence-corrected chi connectivity index (χ3v) is 6.62. The fourth-order valence-corrected chi connectivity index (χ4v) is 4.30. The molecule has 29 heavy (non-hydrogen) atoms. The Bertz CT molecular complexity index is 1140. The van der Waals surface area contributed by atoms with E-state index in [9.17, 15) is 13.2 Å². The maximum atomic E-state index is 12.4. The van der Waals surface area contributed by atoms with E-state index in [1.807, 2.05) is 31.2 Å². The molecule has 2 aromatic carbocycles. The number of benzene rings is 2. The van der Waals surface area contributed by atoms with Crippen LogP contribution in [0.15, 0.2) is 52.5 Å². The predicted molar refractivity (Wildman–Crippen MR) is 111 cm³/mol. The Morgan fingerprint density at radius 1 is 1.14 bits per heavy atom. The Morgan fingerprint density at radius 2 is 1.90 bits per heavy atom. The topological polar surface area (TPSA) is 119 Å². The van der Waals surface area contributed by atoms with E-state index in [0.717, 1.165) is 11.3 Å². The molecule has 1 aromatic heterocycles. The van der Waals surface area contributed by atoms with Crippen molar-refractivity contribution >= 4 is 33.4 Å². The maximum Gasteiger partial charge on any atom is 0.240 e. The van der Waals surface area contributed by atoms with E-state index in [1.54, 1.807) is 23.7 Å². The van der Waals surface area contributed by atoms with Gasteiger partial charge < -0.3 is 5.32 Å². The van der Waals surface area contributed by atoms with Gasteiger partial charge in [-0.2, -0.15) is 4.68 Å². The lowest BCUT2D eigenvalue weighted by Gasteiger charge is -2.10. The first-order valence-electron chi connectivity index (χ1n) is 8.63. The van der Waals surface area contributed by atoms with Gasteiger partial charge in [-0.3, -0.25) is 4.79 Å². The van der Waals surface area contributed by atoms with E-state index >= 15 is 0 Å². The van der Waals surface area contributed by atoms with E-state index in [2.05, 4.69) is 25.6 Å². The molecule has 11 heteroatoms. The first-order valence-corrected chi connectivity index (χ1v) is 11.1. The molecule has 1 heterocycles. The second-order valence-corrected chi connectivity index (χ2v) is 8.98. The van der Waals surface area contributed by atoms with Crippen molar-refractivity contribution in [2.75, 3.05) is 18.1 Å². The van der Waals surface area contributed by atoms with Crippen molar-refractivity contribution < 1.29 is 13.2 Å². The zero-order valence-electron chi connectivity index (χ0n) is 16.1. The van der Waals surface area contributed by atoms with Crippen LogP contribution in [0.5, 0.6) is 0 Å². The molecule has 3 rings (SSSR count). The van der Waals surface area contributed by atoms with Crippen LogP contribution < -0.4 is 10.0 Å². The molecule has 0 atom stereocenters. The number of tetrazole rings is 1. The van der Waals surface area contributed by atoms with Gasteiger partial charge in [-0.15, -0.1) is 5.10 Å². The zero-order valence-corrected chi connectivity index (χ0v) is 17.7. The lowest BCUT2D eigenvalue weighted by Crippen LogP contribution is -2.20. The number of hydrogen-bond acceptors (Lipinski definition) is 7. The van der Waals surface area contributed by atoms with Gasteiger partial charge in [0.2, 0.25) is 21.1 Å². The quantitative estimate of drug-likeness (QED) is 0.548. The number of rotatable bonds is 7. The highest BCUT2D eigenvalue weighted by molar-refractivity contribution is 7.99. The van der Waals surface area contributed by atoms with E-state index in [-0.39, 0.29) is 16.6 Å². The molecule has 3 aromatic rings. The first kappa shape index (κ1) is 21.0. The van der Waals surface area contributed by atoms with Gasteiger partial charge >= 0.3 is 0 Å². The van der Waals surface area contributed by atoms with Crippen LogP contribution in [0.3, 0.4) is 0 Å². The third-order valence-electron chi connectivity index (χ3n) is 4.15. The number of anilines is 1. The molecular formula is C18H20N6O3S2. The van der Waals surface area contributed by atoms with Crippen LogP contribution in [0.4, 0.5) is 5.69 Å². The van der Waals surface area contributed by atoms with Crippen LogP contribution >= 0.6 is 11.8 Å². The summed E-state index contributed by atoms with van der Waals surface area (Å²) in [4.78, 5) is 12.5. The van der Waals surface area contributed by atoms with Gasteiger partial charge in [0.25, 0.3) is 0 Å². The van der Waals surface area contributed by atoms with Gasteiger partial charge in [0.05, 0.1) is 16.3 Å². The van der Waals surface area contributed by atoms with Crippen LogP contribution in [-0.2, 0) is 14.8 Å². The van der Waals surface area contributed by atoms with Crippen molar-refractivity contribution in [2.45, 2.75) is 23.9 Å². The molecule has 0 spiro atoms. The number of carbonyl (C=O) groups excluding carboxylic acids is 1. The molecule has 152 valence electrons. The summed E-state index contributed by atoms with van der Waals surface area (Å²) in [7, 11) is -2.27. The summed E-state index contributed by atoms with van der Waals surface area (Å²) in [6.45, 7) is 3.64. The number of para-hydroxylation sites is 1. The number of hydrogen-bond donors (Lipinski definition) is 2. The minimum absolute atomic E-state index is 0.0637. The molecule has 0 bridgehead atoms. The summed E-state index contributed by atoms with van der Waals surface area (Å²) < 4.78 is 28.0. The summed E-state index contributed by atoms with van der Waals surface area (Å²) in [6, 6.07) is 12.4. The van der Waals surface area contributed by atoms with E-state index < -0.39 is 10.0 Å². The summed E-state index contributed by atoms with van der Waals surface area (Å²) in [6.07, 6.45) is 0. The number of thioether (sulfide) groups is 1. The number of amides is 1. The molecule has 0 unspecified atom stereocenters. The van der Waals surface area contributed by atoms with Crippen molar-refractivity contribution in [3.63, 3.8) is 0 Å². The lowest BCUT2D eigenvalue weighted by molar-refractivity contribution is -0.113. The number of aromatic nitrogens is 4. The standard InChI is InChI=1S/C18H20N6O3S2/c1-12-6-4-5-7-15(12)24-18(21-22-23-24)28-11-17(25)20-14-9-8-13(2)16(10-14)29(26,27)19-3/h4-10,19H,11H2,1-3H3,(H,20,25). The highest BCUT2D eigenvalue weighted by atomic mass is 32.2. The van der Waals surface area contributed by atoms with Crippen LogP contribution in [-0.4, -0.2) is 47.3 Å². The van der Waals surface area contributed by atoms with Crippen molar-refractivity contribution in [1.82, 2.24) is 24.9 Å². The molecule has 0 aliphatic rings. The highest BCUT2D eigenvalue weighted by Gasteiger charge is 2.17. The second-order valence-electron chi connectivity index (χ2n) is 6.18. The Labute approximate surface area is 172 Å². The molecule has 2 N–H and O–H groups in total. The Balaban J connectivity index is 1.70. The highest BCUT2D eigenvalue weighted by Crippen LogP contribution is 2.22. The van der Waals surface area contributed by atoms with Crippen LogP contribution in [0.25, 0.3) is 5.69 Å². The fraction of sp³-hybridized carbons (Fsp3) is 0.222. The van der Waals surface area contributed by atoms with Crippen molar-refractivity contribution in [3.8, 4) is 5.69 Å². The summed E-state index contributed by atoms with van der Waals surface area (Å²) in [5.74, 6) is -0.236. The Kier molecular flexibility index (Phi) is 6.30. The zero-order chi connectivity index (χ0) is 21.0. The van der Waals surface area contributed by atoms with E-state index in [1.165, 1.54) is 24.9 Å². The largest absolute Gasteiger partial charge is 0.325 e. The number of sulfonamides is 1. The van der Waals surface area contributed by atoms with Gasteiger partial charge in [-0.25, -0.2) is 13.1 Å². The van der Waals surface area contributed by atoms with Crippen molar-refractivity contribution in [1.29, 1.82) is 0 Å². The normalized spacial score (nSPS) is 11.4. The minimum atomic E-state index is -3.61. The molecule has 9 nitrogen and oxygen atoms in total. The SMILES string of the molecule is CNS(=O)(=O)c1cc(NC(=O)CSc2nnnn2-c2ccccc2C)ccc1C. The summed E-state index contributed by atoms with van der Waals surface area (Å²) in [5, 5.41) is 14.9. The van der Waals surface area contributed by atoms with Crippen LogP contribution in [0, 0.1) is 13.8 Å². The van der Waals surface area contributed by atoms with Crippen LogP contribution in [0.1, 0.15) is 11.1 Å². The molecule has 0 aliphatic carbocycles. The molecule has 0 saturated heterocycles. The van der Waals surface area contributed by atoms with E-state index in [0.29, 0.717) is 16.4 Å². The van der Waals surface area contributed by atoms with Gasteiger partial charge in [0.1, 0.15) is 0 Å². The van der Waals surface area contributed by atoms with Gasteiger partial charge in [0.15, 0.2) is 0 Å². The smallest absolute Gasteiger partial charge is 0.240 e. The molecule has 1 amide bonds. The number of nitrogens with one attached hydrogen (secondary N) is 2. The maximum absolute atomic E-state index is 12.4. The monoisotopic (exact) mass is 432 g/mol. The predicted octanol–water partition coefficient (Wildman–Crippen LogP) is 1.92. The number of nitrogens with zero attached hydrogens (tertiary/aromatic N) is 4. The molecule has 0 aliphatic heterocycles. The average Bonchev–Trinajstić information content (AvgIpc) is 3.16. The van der Waals surface area contributed by atoms with Gasteiger partial charge in [-0.05, 0) is 60.6 Å². The van der Waals surface area contributed by atoms with Crippen molar-refractivity contribution in [2.24, 2.45) is 0 Å². The Hall–Kier alpha value is -2.76.